The Labute approximate surface area is 127 Å². The summed E-state index contributed by atoms with van der Waals surface area (Å²) in [4.78, 5) is 8.62. The summed E-state index contributed by atoms with van der Waals surface area (Å²) >= 11 is 0. The lowest BCUT2D eigenvalue weighted by atomic mass is 10.3. The number of hydrogen-bond donors (Lipinski definition) is 2. The van der Waals surface area contributed by atoms with E-state index in [1.807, 2.05) is 25.1 Å². The zero-order valence-corrected chi connectivity index (χ0v) is 13.2. The lowest BCUT2D eigenvalue weighted by Crippen LogP contribution is -2.37. The summed E-state index contributed by atoms with van der Waals surface area (Å²) < 4.78 is 10.3. The minimum atomic E-state index is 0.639. The molecule has 0 aliphatic rings. The van der Waals surface area contributed by atoms with Gasteiger partial charge < -0.3 is 20.1 Å². The molecule has 0 fully saturated rings. The number of nitrogens with zero attached hydrogens (tertiary/aromatic N) is 2. The molecule has 1 aromatic heterocycles. The van der Waals surface area contributed by atoms with Crippen molar-refractivity contribution >= 4 is 5.96 Å². The fraction of sp³-hybridized carbons (Fsp3) is 0.600. The number of hydrogen-bond acceptors (Lipinski definition) is 4. The van der Waals surface area contributed by atoms with Gasteiger partial charge in [-0.05, 0) is 25.5 Å². The molecule has 6 heteroatoms. The zero-order valence-electron chi connectivity index (χ0n) is 13.2. The van der Waals surface area contributed by atoms with Crippen molar-refractivity contribution in [1.29, 1.82) is 0 Å². The fourth-order valence-electron chi connectivity index (χ4n) is 1.72. The number of pyridine rings is 1. The molecule has 0 radical (unpaired) electrons. The molecule has 0 unspecified atom stereocenters. The first-order valence-corrected chi connectivity index (χ1v) is 7.20. The second-order valence-electron chi connectivity index (χ2n) is 4.58. The van der Waals surface area contributed by atoms with Crippen LogP contribution in [-0.4, -0.2) is 51.5 Å². The van der Waals surface area contributed by atoms with E-state index in [0.29, 0.717) is 26.4 Å². The molecule has 0 spiro atoms. The number of ether oxygens (including phenoxy) is 2. The Morgan fingerprint density at radius 2 is 2.10 bits per heavy atom. The van der Waals surface area contributed by atoms with Crippen molar-refractivity contribution in [2.75, 3.05) is 40.5 Å². The predicted octanol–water partition coefficient (Wildman–Crippen LogP) is 1.11. The van der Waals surface area contributed by atoms with Gasteiger partial charge in [-0.3, -0.25) is 9.98 Å². The number of aryl methyl sites for hydroxylation is 1. The first kappa shape index (κ1) is 17.4. The molecule has 0 saturated carbocycles. The van der Waals surface area contributed by atoms with Crippen molar-refractivity contribution in [3.63, 3.8) is 0 Å². The normalized spacial score (nSPS) is 11.5. The molecule has 0 atom stereocenters. The number of nitrogens with one attached hydrogen (secondary N) is 2. The largest absolute Gasteiger partial charge is 0.382 e. The molecule has 0 aromatic carbocycles. The van der Waals surface area contributed by atoms with Crippen LogP contribution in [0.3, 0.4) is 0 Å². The third kappa shape index (κ3) is 8.27. The van der Waals surface area contributed by atoms with Gasteiger partial charge in [0.05, 0.1) is 25.5 Å². The van der Waals surface area contributed by atoms with Crippen LogP contribution in [0.5, 0.6) is 0 Å². The molecule has 0 aliphatic heterocycles. The molecule has 2 N–H and O–H groups in total. The Balaban J connectivity index is 2.15. The Hall–Kier alpha value is -1.66. The standard InChI is InChI=1S/C15H26N4O2/c1-13-6-4-7-14(19-13)12-18-15(16-2)17-8-5-9-21-11-10-20-3/h4,6-7H,5,8-12H2,1-3H3,(H2,16,17,18). The average molecular weight is 294 g/mol. The Morgan fingerprint density at radius 3 is 2.81 bits per heavy atom. The zero-order chi connectivity index (χ0) is 15.3. The van der Waals surface area contributed by atoms with Gasteiger partial charge in [0.25, 0.3) is 0 Å². The molecule has 0 bridgehead atoms. The van der Waals surface area contributed by atoms with Crippen LogP contribution in [0.2, 0.25) is 0 Å². The molecule has 1 rings (SSSR count). The van der Waals surface area contributed by atoms with Gasteiger partial charge in [0.15, 0.2) is 5.96 Å². The third-order valence-corrected chi connectivity index (χ3v) is 2.80. The van der Waals surface area contributed by atoms with Gasteiger partial charge >= 0.3 is 0 Å². The molecule has 1 aromatic rings. The minimum absolute atomic E-state index is 0.639. The van der Waals surface area contributed by atoms with Gasteiger partial charge in [0, 0.05) is 33.0 Å². The topological polar surface area (TPSA) is 67.8 Å². The van der Waals surface area contributed by atoms with Crippen LogP contribution in [0.1, 0.15) is 17.8 Å². The smallest absolute Gasteiger partial charge is 0.191 e. The molecule has 21 heavy (non-hydrogen) atoms. The molecule has 6 nitrogen and oxygen atoms in total. The Bertz CT molecular complexity index is 424. The van der Waals surface area contributed by atoms with Gasteiger partial charge in [0.1, 0.15) is 0 Å². The van der Waals surface area contributed by atoms with E-state index in [4.69, 9.17) is 9.47 Å². The second kappa shape index (κ2) is 11.0. The van der Waals surface area contributed by atoms with Gasteiger partial charge in [-0.2, -0.15) is 0 Å². The summed E-state index contributed by atoms with van der Waals surface area (Å²) in [7, 11) is 3.43. The van der Waals surface area contributed by atoms with Crippen molar-refractivity contribution in [3.8, 4) is 0 Å². The number of aliphatic imine (C=N–C) groups is 1. The van der Waals surface area contributed by atoms with E-state index in [0.717, 1.165) is 30.3 Å². The maximum Gasteiger partial charge on any atom is 0.191 e. The monoisotopic (exact) mass is 294 g/mol. The van der Waals surface area contributed by atoms with Crippen LogP contribution >= 0.6 is 0 Å². The highest BCUT2D eigenvalue weighted by molar-refractivity contribution is 5.79. The SMILES string of the molecule is CN=C(NCCCOCCOC)NCc1cccc(C)n1. The molecular weight excluding hydrogens is 268 g/mol. The van der Waals surface area contributed by atoms with Crippen molar-refractivity contribution < 1.29 is 9.47 Å². The first-order chi connectivity index (χ1) is 10.3. The second-order valence-corrected chi connectivity index (χ2v) is 4.58. The van der Waals surface area contributed by atoms with Crippen LogP contribution in [0.15, 0.2) is 23.2 Å². The third-order valence-electron chi connectivity index (χ3n) is 2.80. The lowest BCUT2D eigenvalue weighted by molar-refractivity contribution is 0.0698. The van der Waals surface area contributed by atoms with Crippen molar-refractivity contribution in [3.05, 3.63) is 29.6 Å². The van der Waals surface area contributed by atoms with E-state index in [2.05, 4.69) is 20.6 Å². The average Bonchev–Trinajstić information content (AvgIpc) is 2.49. The number of guanidine groups is 1. The highest BCUT2D eigenvalue weighted by Crippen LogP contribution is 1.97. The van der Waals surface area contributed by atoms with Gasteiger partial charge in [-0.1, -0.05) is 6.07 Å². The number of aromatic nitrogens is 1. The van der Waals surface area contributed by atoms with Crippen molar-refractivity contribution in [2.24, 2.45) is 4.99 Å². The summed E-state index contributed by atoms with van der Waals surface area (Å²) in [5.74, 6) is 0.773. The molecular formula is C15H26N4O2. The first-order valence-electron chi connectivity index (χ1n) is 7.20. The van der Waals surface area contributed by atoms with Crippen molar-refractivity contribution in [2.45, 2.75) is 19.9 Å². The lowest BCUT2D eigenvalue weighted by Gasteiger charge is -2.12. The fourth-order valence-corrected chi connectivity index (χ4v) is 1.72. The van der Waals surface area contributed by atoms with Gasteiger partial charge in [-0.15, -0.1) is 0 Å². The van der Waals surface area contributed by atoms with Gasteiger partial charge in [-0.25, -0.2) is 0 Å². The number of rotatable bonds is 9. The molecule has 118 valence electrons. The maximum atomic E-state index is 5.40. The van der Waals surface area contributed by atoms with E-state index in [1.54, 1.807) is 14.2 Å². The van der Waals surface area contributed by atoms with Crippen LogP contribution in [0, 0.1) is 6.92 Å². The summed E-state index contributed by atoms with van der Waals surface area (Å²) in [6.45, 7) is 5.45. The summed E-state index contributed by atoms with van der Waals surface area (Å²) in [5.41, 5.74) is 2.02. The Kier molecular flexibility index (Phi) is 9.15. The highest BCUT2D eigenvalue weighted by Gasteiger charge is 1.99. The summed E-state index contributed by atoms with van der Waals surface area (Å²) in [6, 6.07) is 5.99. The summed E-state index contributed by atoms with van der Waals surface area (Å²) in [5, 5.41) is 6.48. The number of methoxy groups -OCH3 is 1. The van der Waals surface area contributed by atoms with Crippen molar-refractivity contribution in [1.82, 2.24) is 15.6 Å². The van der Waals surface area contributed by atoms with Gasteiger partial charge in [0.2, 0.25) is 0 Å². The van der Waals surface area contributed by atoms with Crippen LogP contribution in [0.4, 0.5) is 0 Å². The van der Waals surface area contributed by atoms with E-state index >= 15 is 0 Å². The van der Waals surface area contributed by atoms with E-state index < -0.39 is 0 Å². The predicted molar refractivity (Wildman–Crippen MR) is 84.5 cm³/mol. The van der Waals surface area contributed by atoms with Crippen LogP contribution < -0.4 is 10.6 Å². The molecule has 1 heterocycles. The maximum absolute atomic E-state index is 5.40. The molecule has 0 amide bonds. The van der Waals surface area contributed by atoms with Crippen LogP contribution in [0.25, 0.3) is 0 Å². The minimum Gasteiger partial charge on any atom is -0.382 e. The molecule has 0 aliphatic carbocycles. The van der Waals surface area contributed by atoms with Crippen LogP contribution in [-0.2, 0) is 16.0 Å². The highest BCUT2D eigenvalue weighted by atomic mass is 16.5. The molecule has 0 saturated heterocycles. The van der Waals surface area contributed by atoms with E-state index in [-0.39, 0.29) is 0 Å². The Morgan fingerprint density at radius 1 is 1.24 bits per heavy atom. The quantitative estimate of drug-likeness (QED) is 0.406. The van der Waals surface area contributed by atoms with E-state index in [9.17, 15) is 0 Å². The summed E-state index contributed by atoms with van der Waals surface area (Å²) in [6.07, 6.45) is 0.924. The van der Waals surface area contributed by atoms with E-state index in [1.165, 1.54) is 0 Å².